The van der Waals surface area contributed by atoms with Crippen LogP contribution in [0.25, 0.3) is 0 Å². The maximum atomic E-state index is 9.45. The van der Waals surface area contributed by atoms with Crippen LogP contribution in [0.4, 0.5) is 0 Å². The number of nitrogens with zero attached hydrogens (tertiary/aromatic N) is 1. The predicted octanol–water partition coefficient (Wildman–Crippen LogP) is 6.66. The van der Waals surface area contributed by atoms with E-state index in [4.69, 9.17) is 0 Å². The largest absolute Gasteiger partial charge is 0.726 e. The van der Waals surface area contributed by atoms with E-state index in [0.717, 1.165) is 18.5 Å². The van der Waals surface area contributed by atoms with Gasteiger partial charge in [-0.15, -0.1) is 0 Å². The zero-order valence-corrected chi connectivity index (χ0v) is 24.7. The molecule has 0 saturated carbocycles. The topological polar surface area (TPSA) is 78.5 Å². The SMILES string of the molecule is CCC(CCCCCCCCCCCCC(C)C)[N+](C)(CC)CCCNC.CCOS(=O)(=O)[O-]. The van der Waals surface area contributed by atoms with Crippen molar-refractivity contribution in [2.45, 2.75) is 131 Å². The number of nitrogens with one attached hydrogen (secondary N) is 1. The van der Waals surface area contributed by atoms with Gasteiger partial charge in [0.2, 0.25) is 10.4 Å². The normalized spacial score (nSPS) is 14.5. The summed E-state index contributed by atoms with van der Waals surface area (Å²) >= 11 is 0. The van der Waals surface area contributed by atoms with E-state index in [1.807, 2.05) is 0 Å². The Balaban J connectivity index is 0. The van der Waals surface area contributed by atoms with Crippen molar-refractivity contribution in [3.63, 3.8) is 0 Å². The highest BCUT2D eigenvalue weighted by molar-refractivity contribution is 7.80. The minimum Gasteiger partial charge on any atom is -0.726 e. The highest BCUT2D eigenvalue weighted by Crippen LogP contribution is 2.21. The van der Waals surface area contributed by atoms with E-state index in [2.05, 4.69) is 51.3 Å². The van der Waals surface area contributed by atoms with Gasteiger partial charge in [-0.1, -0.05) is 85.0 Å². The second-order valence-corrected chi connectivity index (χ2v) is 11.4. The molecule has 0 aliphatic carbocycles. The molecule has 0 aromatic carbocycles. The lowest BCUT2D eigenvalue weighted by Crippen LogP contribution is -2.52. The van der Waals surface area contributed by atoms with Gasteiger partial charge in [0.05, 0.1) is 32.8 Å². The molecule has 0 aromatic heterocycles. The molecule has 0 rings (SSSR count). The van der Waals surface area contributed by atoms with E-state index in [0.29, 0.717) is 0 Å². The molecule has 0 fully saturated rings. The van der Waals surface area contributed by atoms with Crippen LogP contribution >= 0.6 is 0 Å². The van der Waals surface area contributed by atoms with Gasteiger partial charge in [0.1, 0.15) is 0 Å². The molecule has 0 aliphatic rings. The Labute approximate surface area is 214 Å². The second kappa shape index (κ2) is 23.2. The van der Waals surface area contributed by atoms with Crippen LogP contribution in [0.15, 0.2) is 0 Å². The van der Waals surface area contributed by atoms with Gasteiger partial charge >= 0.3 is 0 Å². The van der Waals surface area contributed by atoms with E-state index < -0.39 is 10.4 Å². The summed E-state index contributed by atoms with van der Waals surface area (Å²) in [5, 5.41) is 3.31. The lowest BCUT2D eigenvalue weighted by Gasteiger charge is -2.41. The molecular weight excluding hydrogens is 448 g/mol. The number of hydrogen-bond donors (Lipinski definition) is 1. The first-order chi connectivity index (χ1) is 16.1. The second-order valence-electron chi connectivity index (χ2n) is 10.4. The van der Waals surface area contributed by atoms with Crippen molar-refractivity contribution in [1.29, 1.82) is 0 Å². The van der Waals surface area contributed by atoms with E-state index >= 15 is 0 Å². The molecule has 2 unspecified atom stereocenters. The van der Waals surface area contributed by atoms with E-state index in [9.17, 15) is 13.0 Å². The fraction of sp³-hybridized carbons (Fsp3) is 1.00. The molecular formula is C27H60N2O4S. The monoisotopic (exact) mass is 508 g/mol. The highest BCUT2D eigenvalue weighted by Gasteiger charge is 2.28. The molecule has 0 amide bonds. The smallest absolute Gasteiger partial charge is 0.217 e. The number of quaternary nitrogens is 1. The zero-order chi connectivity index (χ0) is 26.3. The molecule has 0 saturated heterocycles. The van der Waals surface area contributed by atoms with Gasteiger partial charge in [-0.2, -0.15) is 0 Å². The summed E-state index contributed by atoms with van der Waals surface area (Å²) < 4.78 is 33.3. The molecule has 1 N–H and O–H groups in total. The molecule has 0 bridgehead atoms. The first-order valence-corrected chi connectivity index (χ1v) is 15.5. The Bertz CT molecular complexity index is 529. The molecule has 0 aromatic rings. The Kier molecular flexibility index (Phi) is 24.5. The third kappa shape index (κ3) is 23.5. The third-order valence-electron chi connectivity index (χ3n) is 7.00. The van der Waals surface area contributed by atoms with E-state index in [1.54, 1.807) is 0 Å². The average Bonchev–Trinajstić information content (AvgIpc) is 2.76. The van der Waals surface area contributed by atoms with Crippen LogP contribution in [0, 0.1) is 5.92 Å². The summed E-state index contributed by atoms with van der Waals surface area (Å²) in [6, 6.07) is 0.859. The summed E-state index contributed by atoms with van der Waals surface area (Å²) in [6.45, 7) is 14.6. The molecule has 0 heterocycles. The third-order valence-corrected chi connectivity index (χ3v) is 7.53. The quantitative estimate of drug-likeness (QED) is 0.0765. The Hall–Kier alpha value is -0.210. The highest BCUT2D eigenvalue weighted by atomic mass is 32.3. The van der Waals surface area contributed by atoms with Gasteiger partial charge in [0.15, 0.2) is 0 Å². The molecule has 7 heteroatoms. The van der Waals surface area contributed by atoms with Crippen LogP contribution in [-0.2, 0) is 14.6 Å². The fourth-order valence-electron chi connectivity index (χ4n) is 4.66. The summed E-state index contributed by atoms with van der Waals surface area (Å²) in [5.41, 5.74) is 0. The lowest BCUT2D eigenvalue weighted by atomic mass is 10.00. The van der Waals surface area contributed by atoms with Crippen molar-refractivity contribution >= 4 is 10.4 Å². The molecule has 6 nitrogen and oxygen atoms in total. The van der Waals surface area contributed by atoms with Crippen LogP contribution in [-0.4, -0.2) is 63.8 Å². The minimum absolute atomic E-state index is 0.0914. The van der Waals surface area contributed by atoms with Gasteiger partial charge in [-0.3, -0.25) is 4.18 Å². The standard InChI is InChI=1S/C25H55N2.C2H6O4S/c1-7-25(27(6,8-2)23-19-22-26-5)21-18-16-14-12-10-9-11-13-15-17-20-24(3)4;1-2-6-7(3,4)5/h24-26H,7-23H2,1-6H3;2H2,1H3,(H,3,4,5)/q+1;/p-1. The van der Waals surface area contributed by atoms with Crippen LogP contribution in [0.1, 0.15) is 125 Å². The minimum atomic E-state index is -4.42. The molecule has 208 valence electrons. The number of rotatable bonds is 22. The van der Waals surface area contributed by atoms with Crippen LogP contribution in [0.5, 0.6) is 0 Å². The Morgan fingerprint density at radius 1 is 0.824 bits per heavy atom. The number of hydrogen-bond acceptors (Lipinski definition) is 5. The summed E-state index contributed by atoms with van der Waals surface area (Å²) in [5.74, 6) is 0.889. The van der Waals surface area contributed by atoms with Crippen molar-refractivity contribution in [2.75, 3.05) is 40.3 Å². The van der Waals surface area contributed by atoms with Crippen molar-refractivity contribution in [3.05, 3.63) is 0 Å². The van der Waals surface area contributed by atoms with E-state index in [1.165, 1.54) is 114 Å². The fourth-order valence-corrected chi connectivity index (χ4v) is 4.95. The van der Waals surface area contributed by atoms with Gasteiger partial charge in [-0.05, 0) is 46.1 Å². The molecule has 34 heavy (non-hydrogen) atoms. The first-order valence-electron chi connectivity index (χ1n) is 14.1. The molecule has 2 atom stereocenters. The maximum absolute atomic E-state index is 9.45. The lowest BCUT2D eigenvalue weighted by molar-refractivity contribution is -0.932. The Morgan fingerprint density at radius 2 is 1.29 bits per heavy atom. The van der Waals surface area contributed by atoms with Crippen molar-refractivity contribution in [3.8, 4) is 0 Å². The molecule has 0 spiro atoms. The maximum Gasteiger partial charge on any atom is 0.217 e. The average molecular weight is 509 g/mol. The predicted molar refractivity (Wildman–Crippen MR) is 146 cm³/mol. The zero-order valence-electron chi connectivity index (χ0n) is 23.9. The number of unbranched alkanes of at least 4 members (excludes halogenated alkanes) is 9. The van der Waals surface area contributed by atoms with Crippen molar-refractivity contribution < 1.29 is 21.6 Å². The van der Waals surface area contributed by atoms with Crippen LogP contribution in [0.2, 0.25) is 0 Å². The molecule has 0 radical (unpaired) electrons. The van der Waals surface area contributed by atoms with Crippen molar-refractivity contribution in [1.82, 2.24) is 5.32 Å². The molecule has 0 aliphatic heterocycles. The summed E-state index contributed by atoms with van der Waals surface area (Å²) in [4.78, 5) is 0. The van der Waals surface area contributed by atoms with Gasteiger partial charge in [0, 0.05) is 13.0 Å². The van der Waals surface area contributed by atoms with Crippen molar-refractivity contribution in [2.24, 2.45) is 5.92 Å². The summed E-state index contributed by atoms with van der Waals surface area (Å²) in [6.07, 6.45) is 20.1. The van der Waals surface area contributed by atoms with Gasteiger partial charge in [-0.25, -0.2) is 8.42 Å². The Morgan fingerprint density at radius 3 is 1.62 bits per heavy atom. The van der Waals surface area contributed by atoms with Crippen LogP contribution in [0.3, 0.4) is 0 Å². The van der Waals surface area contributed by atoms with E-state index in [-0.39, 0.29) is 6.61 Å². The first kappa shape index (κ1) is 35.9. The summed E-state index contributed by atoms with van der Waals surface area (Å²) in [7, 11) is 0.137. The van der Waals surface area contributed by atoms with Gasteiger partial charge in [0.25, 0.3) is 0 Å². The van der Waals surface area contributed by atoms with Crippen LogP contribution < -0.4 is 5.32 Å². The van der Waals surface area contributed by atoms with Gasteiger partial charge < -0.3 is 14.4 Å².